The summed E-state index contributed by atoms with van der Waals surface area (Å²) >= 11 is 7.17. The number of aromatic nitrogens is 2. The van der Waals surface area contributed by atoms with Crippen molar-refractivity contribution in [3.05, 3.63) is 21.6 Å². The van der Waals surface area contributed by atoms with Gasteiger partial charge in [0.05, 0.1) is 4.92 Å². The van der Waals surface area contributed by atoms with Gasteiger partial charge < -0.3 is 0 Å². The quantitative estimate of drug-likeness (QED) is 0.367. The Bertz CT molecular complexity index is 458. The summed E-state index contributed by atoms with van der Waals surface area (Å²) in [5.74, 6) is 0.674. The number of hydrogen-bond acceptors (Lipinski definition) is 5. The maximum Gasteiger partial charge on any atom is 0.319 e. The molecule has 18 heavy (non-hydrogen) atoms. The Morgan fingerprint density at radius 2 is 2.33 bits per heavy atom. The first-order valence-corrected chi connectivity index (χ1v) is 7.15. The molecule has 1 aliphatic carbocycles. The molecule has 0 aliphatic heterocycles. The molecule has 1 heterocycles. The van der Waals surface area contributed by atoms with Crippen molar-refractivity contribution < 1.29 is 4.92 Å². The van der Waals surface area contributed by atoms with E-state index in [2.05, 4.69) is 16.9 Å². The fourth-order valence-corrected chi connectivity index (χ4v) is 3.79. The van der Waals surface area contributed by atoms with E-state index >= 15 is 0 Å². The van der Waals surface area contributed by atoms with Crippen LogP contribution in [-0.4, -0.2) is 20.1 Å². The van der Waals surface area contributed by atoms with Crippen molar-refractivity contribution in [3.8, 4) is 0 Å². The van der Waals surface area contributed by atoms with E-state index in [-0.39, 0.29) is 11.0 Å². The van der Waals surface area contributed by atoms with Gasteiger partial charge in [-0.1, -0.05) is 31.5 Å². The summed E-state index contributed by atoms with van der Waals surface area (Å²) in [5.41, 5.74) is -0.0531. The third-order valence-electron chi connectivity index (χ3n) is 3.07. The minimum Gasteiger partial charge on any atom is -0.258 e. The zero-order valence-corrected chi connectivity index (χ0v) is 11.6. The molecule has 0 aromatic carbocycles. The normalized spacial score (nSPS) is 23.9. The number of nitrogens with zero attached hydrogens (tertiary/aromatic N) is 3. The third-order valence-corrected chi connectivity index (χ3v) is 4.54. The van der Waals surface area contributed by atoms with Crippen LogP contribution in [0.15, 0.2) is 11.2 Å². The molecular weight excluding hydrogens is 274 g/mol. The maximum atomic E-state index is 10.9. The van der Waals surface area contributed by atoms with Crippen LogP contribution >= 0.6 is 23.4 Å². The lowest BCUT2D eigenvalue weighted by Crippen LogP contribution is -2.15. The van der Waals surface area contributed by atoms with E-state index in [9.17, 15) is 10.1 Å². The zero-order valence-electron chi connectivity index (χ0n) is 10.0. The highest BCUT2D eigenvalue weighted by atomic mass is 35.5. The second kappa shape index (κ2) is 5.84. The zero-order chi connectivity index (χ0) is 13.1. The summed E-state index contributed by atoms with van der Waals surface area (Å²) in [6.45, 7) is 2.22. The van der Waals surface area contributed by atoms with Gasteiger partial charge in [0.15, 0.2) is 5.03 Å². The predicted octanol–water partition coefficient (Wildman–Crippen LogP) is 3.71. The van der Waals surface area contributed by atoms with Crippen LogP contribution in [0.1, 0.15) is 32.6 Å². The monoisotopic (exact) mass is 287 g/mol. The Kier molecular flexibility index (Phi) is 4.40. The lowest BCUT2D eigenvalue weighted by Gasteiger charge is -2.25. The average molecular weight is 288 g/mol. The molecule has 0 bridgehead atoms. The van der Waals surface area contributed by atoms with E-state index in [1.807, 2.05) is 0 Å². The minimum absolute atomic E-state index is 0.0531. The summed E-state index contributed by atoms with van der Waals surface area (Å²) in [6.07, 6.45) is 5.75. The van der Waals surface area contributed by atoms with Crippen molar-refractivity contribution in [2.45, 2.75) is 42.9 Å². The first-order valence-electron chi connectivity index (χ1n) is 5.90. The van der Waals surface area contributed by atoms with Gasteiger partial charge in [-0.2, -0.15) is 0 Å². The van der Waals surface area contributed by atoms with Gasteiger partial charge in [-0.3, -0.25) is 10.1 Å². The summed E-state index contributed by atoms with van der Waals surface area (Å²) in [4.78, 5) is 18.1. The lowest BCUT2D eigenvalue weighted by atomic mass is 9.91. The van der Waals surface area contributed by atoms with Gasteiger partial charge in [0, 0.05) is 5.25 Å². The van der Waals surface area contributed by atoms with Crippen LogP contribution in [0.25, 0.3) is 0 Å². The first-order chi connectivity index (χ1) is 8.56. The highest BCUT2D eigenvalue weighted by Gasteiger charge is 2.25. The highest BCUT2D eigenvalue weighted by molar-refractivity contribution is 8.00. The van der Waals surface area contributed by atoms with Gasteiger partial charge in [0.2, 0.25) is 5.28 Å². The van der Waals surface area contributed by atoms with Crippen molar-refractivity contribution in [1.29, 1.82) is 0 Å². The van der Waals surface area contributed by atoms with E-state index in [1.165, 1.54) is 30.8 Å². The van der Waals surface area contributed by atoms with Crippen LogP contribution in [0.2, 0.25) is 5.28 Å². The van der Waals surface area contributed by atoms with Crippen LogP contribution in [0.3, 0.4) is 0 Å². The van der Waals surface area contributed by atoms with Crippen molar-refractivity contribution >= 4 is 29.1 Å². The maximum absolute atomic E-state index is 10.9. The van der Waals surface area contributed by atoms with Gasteiger partial charge in [-0.15, -0.1) is 0 Å². The molecule has 1 aromatic rings. The summed E-state index contributed by atoms with van der Waals surface area (Å²) in [7, 11) is 0. The van der Waals surface area contributed by atoms with Crippen molar-refractivity contribution in [2.24, 2.45) is 5.92 Å². The van der Waals surface area contributed by atoms with Gasteiger partial charge >= 0.3 is 5.69 Å². The van der Waals surface area contributed by atoms with E-state index in [0.29, 0.717) is 16.2 Å². The van der Waals surface area contributed by atoms with E-state index in [1.54, 1.807) is 0 Å². The Hall–Kier alpha value is -0.880. The van der Waals surface area contributed by atoms with Gasteiger partial charge in [0.1, 0.15) is 6.20 Å². The van der Waals surface area contributed by atoms with Crippen LogP contribution in [0, 0.1) is 16.0 Å². The van der Waals surface area contributed by atoms with E-state index in [4.69, 9.17) is 11.6 Å². The molecule has 2 atom stereocenters. The molecule has 0 N–H and O–H groups in total. The summed E-state index contributed by atoms with van der Waals surface area (Å²) in [5, 5.41) is 11.7. The Morgan fingerprint density at radius 1 is 1.56 bits per heavy atom. The number of thioether (sulfide) groups is 1. The molecule has 2 unspecified atom stereocenters. The molecule has 1 aliphatic rings. The van der Waals surface area contributed by atoms with Crippen molar-refractivity contribution in [2.75, 3.05) is 0 Å². The molecule has 1 saturated carbocycles. The molecule has 2 rings (SSSR count). The molecule has 98 valence electrons. The second-order valence-electron chi connectivity index (χ2n) is 4.60. The number of rotatable bonds is 3. The van der Waals surface area contributed by atoms with Crippen LogP contribution < -0.4 is 0 Å². The summed E-state index contributed by atoms with van der Waals surface area (Å²) in [6, 6.07) is 0. The molecule has 5 nitrogen and oxygen atoms in total. The largest absolute Gasteiger partial charge is 0.319 e. The average Bonchev–Trinajstić information content (AvgIpc) is 2.28. The summed E-state index contributed by atoms with van der Waals surface area (Å²) < 4.78 is 0. The number of nitro groups is 1. The van der Waals surface area contributed by atoms with Crippen LogP contribution in [-0.2, 0) is 0 Å². The highest BCUT2D eigenvalue weighted by Crippen LogP contribution is 2.38. The van der Waals surface area contributed by atoms with Crippen LogP contribution in [0.5, 0.6) is 0 Å². The van der Waals surface area contributed by atoms with Gasteiger partial charge in [0.25, 0.3) is 0 Å². The Morgan fingerprint density at radius 3 is 3.00 bits per heavy atom. The molecule has 7 heteroatoms. The molecule has 1 fully saturated rings. The minimum atomic E-state index is -0.453. The topological polar surface area (TPSA) is 68.9 Å². The lowest BCUT2D eigenvalue weighted by molar-refractivity contribution is -0.388. The van der Waals surface area contributed by atoms with Crippen molar-refractivity contribution in [1.82, 2.24) is 9.97 Å². The molecule has 1 aromatic heterocycles. The van der Waals surface area contributed by atoms with E-state index < -0.39 is 4.92 Å². The molecule has 0 saturated heterocycles. The smallest absolute Gasteiger partial charge is 0.258 e. The third kappa shape index (κ3) is 3.32. The first kappa shape index (κ1) is 13.5. The molecule has 0 radical (unpaired) electrons. The Labute approximate surface area is 114 Å². The number of halogens is 1. The van der Waals surface area contributed by atoms with Crippen molar-refractivity contribution in [3.63, 3.8) is 0 Å². The number of hydrogen-bond donors (Lipinski definition) is 0. The fourth-order valence-electron chi connectivity index (χ4n) is 2.19. The van der Waals surface area contributed by atoms with E-state index in [0.717, 1.165) is 12.8 Å². The molecular formula is C11H14ClN3O2S. The Balaban J connectivity index is 2.16. The predicted molar refractivity (Wildman–Crippen MR) is 71.0 cm³/mol. The second-order valence-corrected chi connectivity index (χ2v) is 6.23. The van der Waals surface area contributed by atoms with Crippen LogP contribution in [0.4, 0.5) is 5.69 Å². The van der Waals surface area contributed by atoms with Gasteiger partial charge in [-0.05, 0) is 30.4 Å². The standard InChI is InChI=1S/C11H14ClN3O2S/c1-7-3-2-4-8(5-7)18-10-9(15(16)17)6-13-11(12)14-10/h6-8H,2-5H2,1H3. The SMILES string of the molecule is CC1CCCC(Sc2nc(Cl)ncc2[N+](=O)[O-])C1. The molecule has 0 amide bonds. The fraction of sp³-hybridized carbons (Fsp3) is 0.636. The molecule has 0 spiro atoms. The van der Waals surface area contributed by atoms with Gasteiger partial charge in [-0.25, -0.2) is 9.97 Å².